The highest BCUT2D eigenvalue weighted by Crippen LogP contribution is 2.32. The Morgan fingerprint density at radius 1 is 1.47 bits per heavy atom. The number of fused-ring (bicyclic) bond motifs is 3. The Labute approximate surface area is 99.0 Å². The number of esters is 1. The molecule has 2 heterocycles. The Kier molecular flexibility index (Phi) is 2.28. The van der Waals surface area contributed by atoms with Gasteiger partial charge >= 0.3 is 5.97 Å². The van der Waals surface area contributed by atoms with E-state index in [1.807, 2.05) is 13.0 Å². The average Bonchev–Trinajstić information content (AvgIpc) is 2.94. The molecule has 0 unspecified atom stereocenters. The number of rotatable bonds is 2. The molecule has 1 aliphatic rings. The lowest BCUT2D eigenvalue weighted by Crippen LogP contribution is -2.04. The Bertz CT molecular complexity index is 586. The number of aromatic amines is 1. The molecule has 0 radical (unpaired) electrons. The number of benzene rings is 1. The van der Waals surface area contributed by atoms with Gasteiger partial charge in [0.1, 0.15) is 0 Å². The molecule has 0 bridgehead atoms. The maximum Gasteiger partial charge on any atom is 0.340 e. The number of carbonyl (C=O) groups is 1. The van der Waals surface area contributed by atoms with Gasteiger partial charge in [0.15, 0.2) is 0 Å². The number of nitrogens with one attached hydrogen (secondary N) is 2. The monoisotopic (exact) mass is 230 g/mol. The molecule has 0 amide bonds. The van der Waals surface area contributed by atoms with Gasteiger partial charge in [-0.25, -0.2) is 4.79 Å². The molecule has 3 rings (SSSR count). The number of hydrogen-bond donors (Lipinski definition) is 2. The molecule has 0 saturated heterocycles. The zero-order valence-electron chi connectivity index (χ0n) is 9.67. The Balaban J connectivity index is 2.20. The van der Waals surface area contributed by atoms with E-state index in [2.05, 4.69) is 16.4 Å². The van der Waals surface area contributed by atoms with Crippen LogP contribution in [0.25, 0.3) is 10.9 Å². The van der Waals surface area contributed by atoms with E-state index in [1.165, 1.54) is 5.56 Å². The van der Waals surface area contributed by atoms with Gasteiger partial charge < -0.3 is 15.0 Å². The first-order valence-electron chi connectivity index (χ1n) is 5.85. The lowest BCUT2D eigenvalue weighted by Gasteiger charge is -2.04. The van der Waals surface area contributed by atoms with Crippen LogP contribution in [0.3, 0.4) is 0 Å². The van der Waals surface area contributed by atoms with Gasteiger partial charge in [-0.05, 0) is 31.0 Å². The van der Waals surface area contributed by atoms with E-state index in [4.69, 9.17) is 4.74 Å². The summed E-state index contributed by atoms with van der Waals surface area (Å²) in [7, 11) is 0. The molecular weight excluding hydrogens is 216 g/mol. The second kappa shape index (κ2) is 3.80. The zero-order chi connectivity index (χ0) is 11.8. The largest absolute Gasteiger partial charge is 0.462 e. The molecule has 4 heteroatoms. The fraction of sp³-hybridized carbons (Fsp3) is 0.308. The van der Waals surface area contributed by atoms with Crippen LogP contribution >= 0.6 is 0 Å². The third kappa shape index (κ3) is 1.48. The van der Waals surface area contributed by atoms with Crippen LogP contribution in [0.2, 0.25) is 0 Å². The molecule has 1 aromatic carbocycles. The zero-order valence-corrected chi connectivity index (χ0v) is 9.67. The summed E-state index contributed by atoms with van der Waals surface area (Å²) in [6, 6.07) is 4.05. The van der Waals surface area contributed by atoms with Crippen molar-refractivity contribution in [3.8, 4) is 0 Å². The molecule has 2 aromatic rings. The van der Waals surface area contributed by atoms with Crippen molar-refractivity contribution in [3.63, 3.8) is 0 Å². The summed E-state index contributed by atoms with van der Waals surface area (Å²) in [4.78, 5) is 15.0. The fourth-order valence-electron chi connectivity index (χ4n) is 2.42. The molecule has 2 N–H and O–H groups in total. The summed E-state index contributed by atoms with van der Waals surface area (Å²) in [5, 5.41) is 4.32. The summed E-state index contributed by atoms with van der Waals surface area (Å²) in [5.41, 5.74) is 3.98. The van der Waals surface area contributed by atoms with E-state index < -0.39 is 0 Å². The molecule has 4 nitrogen and oxygen atoms in total. The maximum absolute atomic E-state index is 11.9. The van der Waals surface area contributed by atoms with E-state index in [0.717, 1.165) is 29.6 Å². The van der Waals surface area contributed by atoms with Crippen LogP contribution in [-0.4, -0.2) is 24.1 Å². The number of ether oxygens (including phenoxy) is 1. The summed E-state index contributed by atoms with van der Waals surface area (Å²) in [6.45, 7) is 3.15. The molecule has 0 spiro atoms. The maximum atomic E-state index is 11.9. The molecule has 1 aromatic heterocycles. The Morgan fingerprint density at radius 3 is 3.18 bits per heavy atom. The van der Waals surface area contributed by atoms with Crippen LogP contribution in [0.4, 0.5) is 5.69 Å². The van der Waals surface area contributed by atoms with Crippen molar-refractivity contribution in [2.75, 3.05) is 18.5 Å². The van der Waals surface area contributed by atoms with Crippen molar-refractivity contribution in [3.05, 3.63) is 29.5 Å². The molecule has 88 valence electrons. The fourth-order valence-corrected chi connectivity index (χ4v) is 2.42. The summed E-state index contributed by atoms with van der Waals surface area (Å²) >= 11 is 0. The van der Waals surface area contributed by atoms with E-state index >= 15 is 0 Å². The second-order valence-electron chi connectivity index (χ2n) is 4.11. The van der Waals surface area contributed by atoms with E-state index in [9.17, 15) is 4.79 Å². The normalized spacial score (nSPS) is 13.5. The topological polar surface area (TPSA) is 54.1 Å². The highest BCUT2D eigenvalue weighted by Gasteiger charge is 2.20. The van der Waals surface area contributed by atoms with Crippen LogP contribution in [0, 0.1) is 0 Å². The van der Waals surface area contributed by atoms with E-state index in [-0.39, 0.29) is 5.97 Å². The van der Waals surface area contributed by atoms with Crippen LogP contribution < -0.4 is 5.32 Å². The highest BCUT2D eigenvalue weighted by molar-refractivity contribution is 6.07. The minimum absolute atomic E-state index is 0.251. The molecular formula is C13H14N2O2. The quantitative estimate of drug-likeness (QED) is 0.778. The van der Waals surface area contributed by atoms with Gasteiger partial charge in [0, 0.05) is 29.3 Å². The lowest BCUT2D eigenvalue weighted by molar-refractivity contribution is 0.0528. The van der Waals surface area contributed by atoms with Gasteiger partial charge in [-0.15, -0.1) is 0 Å². The molecule has 0 saturated carbocycles. The van der Waals surface area contributed by atoms with Gasteiger partial charge in [-0.3, -0.25) is 0 Å². The van der Waals surface area contributed by atoms with Gasteiger partial charge in [0.2, 0.25) is 0 Å². The van der Waals surface area contributed by atoms with Crippen molar-refractivity contribution in [1.82, 2.24) is 4.98 Å². The lowest BCUT2D eigenvalue weighted by atomic mass is 10.0. The van der Waals surface area contributed by atoms with Crippen LogP contribution in [0.15, 0.2) is 18.3 Å². The van der Waals surface area contributed by atoms with Crippen LogP contribution in [0.1, 0.15) is 22.8 Å². The third-order valence-corrected chi connectivity index (χ3v) is 3.14. The first-order chi connectivity index (χ1) is 8.31. The second-order valence-corrected chi connectivity index (χ2v) is 4.11. The van der Waals surface area contributed by atoms with Crippen molar-refractivity contribution >= 4 is 22.6 Å². The summed E-state index contributed by atoms with van der Waals surface area (Å²) < 4.78 is 5.07. The van der Waals surface area contributed by atoms with Crippen molar-refractivity contribution in [2.24, 2.45) is 0 Å². The third-order valence-electron chi connectivity index (χ3n) is 3.14. The average molecular weight is 230 g/mol. The van der Waals surface area contributed by atoms with Gasteiger partial charge in [-0.2, -0.15) is 0 Å². The van der Waals surface area contributed by atoms with Crippen LogP contribution in [0.5, 0.6) is 0 Å². The standard InChI is InChI=1S/C13H14N2O2/c1-2-17-13(16)9-7-15-11-4-3-10-8(12(9)11)5-6-14-10/h3-4,7,14-15H,2,5-6H2,1H3. The molecule has 1 aliphatic heterocycles. The number of H-pyrrole nitrogens is 1. The summed E-state index contributed by atoms with van der Waals surface area (Å²) in [5.74, 6) is -0.251. The van der Waals surface area contributed by atoms with Crippen molar-refractivity contribution in [1.29, 1.82) is 0 Å². The SMILES string of the molecule is CCOC(=O)c1c[nH]c2ccc3c(c12)CCN3. The van der Waals surface area contributed by atoms with Gasteiger partial charge in [0.25, 0.3) is 0 Å². The predicted molar refractivity (Wildman–Crippen MR) is 66.4 cm³/mol. The number of anilines is 1. The number of hydrogen-bond acceptors (Lipinski definition) is 3. The molecule has 17 heavy (non-hydrogen) atoms. The van der Waals surface area contributed by atoms with Crippen molar-refractivity contribution < 1.29 is 9.53 Å². The molecule has 0 atom stereocenters. The number of aromatic nitrogens is 1. The smallest absolute Gasteiger partial charge is 0.340 e. The van der Waals surface area contributed by atoms with Crippen LogP contribution in [-0.2, 0) is 11.2 Å². The van der Waals surface area contributed by atoms with Gasteiger partial charge in [-0.1, -0.05) is 0 Å². The first kappa shape index (κ1) is 10.2. The highest BCUT2D eigenvalue weighted by atomic mass is 16.5. The minimum Gasteiger partial charge on any atom is -0.462 e. The summed E-state index contributed by atoms with van der Waals surface area (Å²) in [6.07, 6.45) is 2.69. The Hall–Kier alpha value is -1.97. The predicted octanol–water partition coefficient (Wildman–Crippen LogP) is 2.31. The van der Waals surface area contributed by atoms with E-state index in [1.54, 1.807) is 6.20 Å². The number of carbonyl (C=O) groups excluding carboxylic acids is 1. The first-order valence-corrected chi connectivity index (χ1v) is 5.85. The van der Waals surface area contributed by atoms with Crippen molar-refractivity contribution in [2.45, 2.75) is 13.3 Å². The molecule has 0 fully saturated rings. The molecule has 0 aliphatic carbocycles. The minimum atomic E-state index is -0.251. The van der Waals surface area contributed by atoms with E-state index in [0.29, 0.717) is 12.2 Å². The van der Waals surface area contributed by atoms with Gasteiger partial charge in [0.05, 0.1) is 12.2 Å². The Morgan fingerprint density at radius 2 is 2.35 bits per heavy atom.